The van der Waals surface area contributed by atoms with Crippen LogP contribution in [0.15, 0.2) is 116 Å². The van der Waals surface area contributed by atoms with Gasteiger partial charge in [-0.3, -0.25) is 9.59 Å². The maximum atomic E-state index is 13.2. The molecule has 1 saturated carbocycles. The highest BCUT2D eigenvalue weighted by Crippen LogP contribution is 2.37. The summed E-state index contributed by atoms with van der Waals surface area (Å²) >= 11 is 0. The third-order valence-corrected chi connectivity index (χ3v) is 10.3. The molecule has 2 aliphatic rings. The predicted octanol–water partition coefficient (Wildman–Crippen LogP) is 7.38. The number of epoxide rings is 1. The number of esters is 7. The Balaban J connectivity index is 0.939. The van der Waals surface area contributed by atoms with E-state index in [1.807, 2.05) is 0 Å². The molecular weight excluding hydrogens is 885 g/mol. The van der Waals surface area contributed by atoms with E-state index in [0.717, 1.165) is 12.2 Å². The van der Waals surface area contributed by atoms with Crippen molar-refractivity contribution in [2.24, 2.45) is 11.8 Å². The molecule has 356 valence electrons. The highest BCUT2D eigenvalue weighted by Gasteiger charge is 2.41. The Kier molecular flexibility index (Phi) is 18.4. The van der Waals surface area contributed by atoms with E-state index in [2.05, 4.69) is 13.2 Å². The Labute approximate surface area is 391 Å². The first-order valence-corrected chi connectivity index (χ1v) is 21.9. The molecule has 0 spiro atoms. The summed E-state index contributed by atoms with van der Waals surface area (Å²) in [4.78, 5) is 87.4. The number of hydrogen-bond donors (Lipinski definition) is 0. The van der Waals surface area contributed by atoms with Crippen molar-refractivity contribution in [3.8, 4) is 34.5 Å². The summed E-state index contributed by atoms with van der Waals surface area (Å²) in [5.41, 5.74) is 0.318. The van der Waals surface area contributed by atoms with Gasteiger partial charge in [-0.05, 0) is 130 Å². The number of hydrogen-bond acceptors (Lipinski definition) is 17. The molecule has 1 saturated heterocycles. The second-order valence-corrected chi connectivity index (χ2v) is 15.4. The molecule has 17 nitrogen and oxygen atoms in total. The average molecular weight is 935 g/mol. The monoisotopic (exact) mass is 934 g/mol. The molecule has 2 fully saturated rings. The van der Waals surface area contributed by atoms with Crippen LogP contribution in [-0.2, 0) is 38.1 Å². The minimum Gasteiger partial charge on any atom is -0.494 e. The molecule has 1 heterocycles. The Morgan fingerprint density at radius 3 is 1.44 bits per heavy atom. The highest BCUT2D eigenvalue weighted by molar-refractivity contribution is 5.97. The predicted molar refractivity (Wildman–Crippen MR) is 240 cm³/mol. The molecule has 4 aromatic rings. The summed E-state index contributed by atoms with van der Waals surface area (Å²) in [6.07, 6.45) is 5.53. The summed E-state index contributed by atoms with van der Waals surface area (Å²) in [7, 11) is 0. The average Bonchev–Trinajstić information content (AvgIpc) is 4.16. The minimum atomic E-state index is -0.806. The number of ether oxygens (including phenoxy) is 10. The van der Waals surface area contributed by atoms with Gasteiger partial charge in [-0.1, -0.05) is 13.2 Å². The normalized spacial score (nSPS) is 15.5. The first-order chi connectivity index (χ1) is 33.0. The summed E-state index contributed by atoms with van der Waals surface area (Å²) in [6.45, 7) is 8.59. The van der Waals surface area contributed by atoms with E-state index in [0.29, 0.717) is 69.0 Å². The van der Waals surface area contributed by atoms with Gasteiger partial charge in [0.2, 0.25) is 0 Å². The molecular formula is C51H50O17. The van der Waals surface area contributed by atoms with Crippen molar-refractivity contribution in [3.05, 3.63) is 133 Å². The summed E-state index contributed by atoms with van der Waals surface area (Å²) in [5.74, 6) is -4.14. The zero-order valence-electron chi connectivity index (χ0n) is 37.1. The zero-order valence-corrected chi connectivity index (χ0v) is 37.1. The second-order valence-electron chi connectivity index (χ2n) is 15.4. The maximum absolute atomic E-state index is 13.2. The maximum Gasteiger partial charge on any atom is 0.343 e. The van der Waals surface area contributed by atoms with Gasteiger partial charge in [0.15, 0.2) is 0 Å². The summed E-state index contributed by atoms with van der Waals surface area (Å²) in [5, 5.41) is 0. The lowest BCUT2D eigenvalue weighted by Gasteiger charge is -2.31. The number of carbonyl (C=O) groups is 7. The molecule has 1 aliphatic carbocycles. The number of benzene rings is 4. The third kappa shape index (κ3) is 15.7. The molecule has 1 atom stereocenters. The van der Waals surface area contributed by atoms with E-state index in [-0.39, 0.29) is 72.9 Å². The van der Waals surface area contributed by atoms with Crippen molar-refractivity contribution in [3.63, 3.8) is 0 Å². The van der Waals surface area contributed by atoms with Crippen LogP contribution < -0.4 is 28.4 Å². The van der Waals surface area contributed by atoms with Crippen molar-refractivity contribution in [2.45, 2.75) is 51.0 Å². The standard InChI is InChI=1S/C51H50O17/c1-3-45(52)61-26-7-5-24-59-37-13-9-33(10-14-37)47(54)65-39-17-19-40(20-18-39)66-49(56)35-29-36(30-35)50(57)67-41-21-22-44(43(31-41)51(58)63-28-23-42-32-64-42)68-48(55)34-11-15-38(16-12-34)60-25-6-8-27-62-46(53)4-2/h3-4,9-22,31,35-36,42H,1-2,5-8,23-30,32H2. The van der Waals surface area contributed by atoms with Crippen molar-refractivity contribution in [2.75, 3.05) is 39.6 Å². The van der Waals surface area contributed by atoms with Crippen molar-refractivity contribution in [1.82, 2.24) is 0 Å². The molecule has 0 bridgehead atoms. The van der Waals surface area contributed by atoms with Crippen molar-refractivity contribution >= 4 is 41.8 Å². The van der Waals surface area contributed by atoms with Gasteiger partial charge in [0.1, 0.15) is 40.1 Å². The smallest absolute Gasteiger partial charge is 0.343 e. The van der Waals surface area contributed by atoms with Crippen LogP contribution in [0.25, 0.3) is 0 Å². The van der Waals surface area contributed by atoms with Gasteiger partial charge >= 0.3 is 41.8 Å². The lowest BCUT2D eigenvalue weighted by atomic mass is 9.75. The molecule has 68 heavy (non-hydrogen) atoms. The molecule has 1 unspecified atom stereocenters. The molecule has 4 aromatic carbocycles. The molecule has 0 N–H and O–H groups in total. The molecule has 0 aromatic heterocycles. The fourth-order valence-corrected chi connectivity index (χ4v) is 6.34. The van der Waals surface area contributed by atoms with Crippen LogP contribution >= 0.6 is 0 Å². The van der Waals surface area contributed by atoms with E-state index in [9.17, 15) is 33.6 Å². The molecule has 0 radical (unpaired) electrons. The van der Waals surface area contributed by atoms with Gasteiger partial charge in [0, 0.05) is 18.6 Å². The second kappa shape index (κ2) is 25.2. The van der Waals surface area contributed by atoms with Crippen LogP contribution in [-0.4, -0.2) is 87.5 Å². The van der Waals surface area contributed by atoms with Gasteiger partial charge in [-0.15, -0.1) is 0 Å². The Bertz CT molecular complexity index is 2410. The van der Waals surface area contributed by atoms with Crippen LogP contribution in [0.5, 0.6) is 34.5 Å². The van der Waals surface area contributed by atoms with Crippen molar-refractivity contribution in [1.29, 1.82) is 0 Å². The Hall–Kier alpha value is -7.79. The fourth-order valence-electron chi connectivity index (χ4n) is 6.34. The fraction of sp³-hybridized carbons (Fsp3) is 0.314. The largest absolute Gasteiger partial charge is 0.494 e. The van der Waals surface area contributed by atoms with Crippen molar-refractivity contribution < 1.29 is 80.9 Å². The number of carbonyl (C=O) groups excluding carboxylic acids is 7. The van der Waals surface area contributed by atoms with Crippen LogP contribution in [0.4, 0.5) is 0 Å². The molecule has 17 heteroatoms. The Morgan fingerprint density at radius 1 is 0.500 bits per heavy atom. The summed E-state index contributed by atoms with van der Waals surface area (Å²) in [6, 6.07) is 22.5. The molecule has 1 aliphatic heterocycles. The lowest BCUT2D eigenvalue weighted by molar-refractivity contribution is -0.151. The first-order valence-electron chi connectivity index (χ1n) is 21.9. The van der Waals surface area contributed by atoms with Crippen LogP contribution in [0.3, 0.4) is 0 Å². The quantitative estimate of drug-likeness (QED) is 0.0150. The molecule has 6 rings (SSSR count). The first kappa shape index (κ1) is 49.6. The molecule has 0 amide bonds. The minimum absolute atomic E-state index is 0.000504. The van der Waals surface area contributed by atoms with Gasteiger partial charge < -0.3 is 47.4 Å². The number of unbranched alkanes of at least 4 members (excludes halogenated alkanes) is 2. The lowest BCUT2D eigenvalue weighted by Crippen LogP contribution is -2.39. The van der Waals surface area contributed by atoms with Crippen LogP contribution in [0.2, 0.25) is 0 Å². The summed E-state index contributed by atoms with van der Waals surface area (Å²) < 4.78 is 54.0. The highest BCUT2D eigenvalue weighted by atomic mass is 16.6. The third-order valence-electron chi connectivity index (χ3n) is 10.3. The van der Waals surface area contributed by atoms with Crippen LogP contribution in [0.1, 0.15) is 76.0 Å². The van der Waals surface area contributed by atoms with Gasteiger partial charge in [-0.25, -0.2) is 24.0 Å². The van der Waals surface area contributed by atoms with Gasteiger partial charge in [-0.2, -0.15) is 0 Å². The SMILES string of the molecule is C=CC(=O)OCCCCOc1ccc(C(=O)Oc2ccc(OC(=O)C3CC(C(=O)Oc4ccc(OC(=O)c5ccc(OCCCCOC(=O)C=C)cc5)c(C(=O)OCCC5CO5)c4)C3)cc2)cc1. The topological polar surface area (TPSA) is 215 Å². The van der Waals surface area contributed by atoms with E-state index < -0.39 is 53.6 Å². The van der Waals surface area contributed by atoms with Gasteiger partial charge in [0.25, 0.3) is 0 Å². The van der Waals surface area contributed by atoms with E-state index >= 15 is 0 Å². The Morgan fingerprint density at radius 2 is 0.941 bits per heavy atom. The van der Waals surface area contributed by atoms with E-state index in [4.69, 9.17) is 47.4 Å². The van der Waals surface area contributed by atoms with E-state index in [1.54, 1.807) is 36.4 Å². The number of rotatable bonds is 26. The van der Waals surface area contributed by atoms with Crippen LogP contribution in [0, 0.1) is 11.8 Å². The van der Waals surface area contributed by atoms with E-state index in [1.165, 1.54) is 54.6 Å². The van der Waals surface area contributed by atoms with Gasteiger partial charge in [0.05, 0.1) is 68.7 Å². The zero-order chi connectivity index (χ0) is 48.3.